The van der Waals surface area contributed by atoms with Crippen LogP contribution in [0.25, 0.3) is 0 Å². The molecule has 0 radical (unpaired) electrons. The van der Waals surface area contributed by atoms with Crippen molar-refractivity contribution in [3.63, 3.8) is 0 Å². The average Bonchev–Trinajstić information content (AvgIpc) is 2.76. The van der Waals surface area contributed by atoms with Gasteiger partial charge >= 0.3 is 6.03 Å². The van der Waals surface area contributed by atoms with Crippen LogP contribution in [0.2, 0.25) is 0 Å². The summed E-state index contributed by atoms with van der Waals surface area (Å²) in [6.07, 6.45) is 0.971. The van der Waals surface area contributed by atoms with Gasteiger partial charge in [0.15, 0.2) is 5.92 Å². The van der Waals surface area contributed by atoms with Gasteiger partial charge in [0.2, 0.25) is 5.91 Å². The Morgan fingerprint density at radius 3 is 2.43 bits per heavy atom. The van der Waals surface area contributed by atoms with Gasteiger partial charge in [-0.3, -0.25) is 19.7 Å². The van der Waals surface area contributed by atoms with Gasteiger partial charge in [0.05, 0.1) is 19.9 Å². The maximum atomic E-state index is 12.7. The number of imide groups is 2. The van der Waals surface area contributed by atoms with Gasteiger partial charge in [-0.2, -0.15) is 5.10 Å². The van der Waals surface area contributed by atoms with E-state index >= 15 is 0 Å². The summed E-state index contributed by atoms with van der Waals surface area (Å²) < 4.78 is 10.1. The smallest absolute Gasteiger partial charge is 0.335 e. The molecular formula is C20H18N4O6. The first-order chi connectivity index (χ1) is 14.4. The first-order valence-electron chi connectivity index (χ1n) is 8.75. The van der Waals surface area contributed by atoms with Crippen molar-refractivity contribution in [1.29, 1.82) is 0 Å². The Hall–Kier alpha value is -4.21. The third kappa shape index (κ3) is 4.27. The summed E-state index contributed by atoms with van der Waals surface area (Å²) in [6.45, 7) is 0. The Labute approximate surface area is 171 Å². The summed E-state index contributed by atoms with van der Waals surface area (Å²) in [6, 6.07) is 11.6. The highest BCUT2D eigenvalue weighted by atomic mass is 16.5. The van der Waals surface area contributed by atoms with Crippen molar-refractivity contribution in [2.24, 2.45) is 11.0 Å². The van der Waals surface area contributed by atoms with Gasteiger partial charge in [-0.05, 0) is 36.4 Å². The van der Waals surface area contributed by atoms with Gasteiger partial charge in [0.1, 0.15) is 11.5 Å². The minimum atomic E-state index is -1.40. The number of barbiturate groups is 1. The zero-order chi connectivity index (χ0) is 21.7. The number of hydrogen-bond acceptors (Lipinski definition) is 7. The Bertz CT molecular complexity index is 1020. The van der Waals surface area contributed by atoms with E-state index in [0.29, 0.717) is 17.1 Å². The van der Waals surface area contributed by atoms with E-state index < -0.39 is 29.7 Å². The average molecular weight is 410 g/mol. The fraction of sp³-hybridized carbons (Fsp3) is 0.150. The lowest BCUT2D eigenvalue weighted by molar-refractivity contribution is -0.131. The third-order valence-corrected chi connectivity index (χ3v) is 4.26. The molecule has 1 aliphatic rings. The fourth-order valence-corrected chi connectivity index (χ4v) is 2.69. The van der Waals surface area contributed by atoms with E-state index in [9.17, 15) is 19.2 Å². The van der Waals surface area contributed by atoms with Crippen LogP contribution in [0.15, 0.2) is 53.6 Å². The van der Waals surface area contributed by atoms with E-state index in [0.717, 1.165) is 11.1 Å². The summed E-state index contributed by atoms with van der Waals surface area (Å²) in [5.41, 5.74) is 2.78. The Balaban J connectivity index is 1.73. The number of rotatable bonds is 6. The molecule has 1 saturated heterocycles. The summed E-state index contributed by atoms with van der Waals surface area (Å²) in [5, 5.41) is 5.80. The van der Waals surface area contributed by atoms with Crippen LogP contribution in [0, 0.1) is 5.92 Å². The van der Waals surface area contributed by atoms with E-state index in [1.54, 1.807) is 24.3 Å². The predicted octanol–water partition coefficient (Wildman–Crippen LogP) is 1.32. The van der Waals surface area contributed by atoms with Crippen LogP contribution in [0.3, 0.4) is 0 Å². The maximum absolute atomic E-state index is 12.7. The Morgan fingerprint density at radius 1 is 1.07 bits per heavy atom. The molecule has 0 unspecified atom stereocenters. The van der Waals surface area contributed by atoms with E-state index in [-0.39, 0.29) is 5.69 Å². The molecule has 0 aliphatic carbocycles. The number of benzene rings is 2. The molecule has 1 fully saturated rings. The third-order valence-electron chi connectivity index (χ3n) is 4.26. The van der Waals surface area contributed by atoms with Crippen LogP contribution in [0.5, 0.6) is 11.5 Å². The highest BCUT2D eigenvalue weighted by molar-refractivity contribution is 6.32. The number of nitrogens with zero attached hydrogens (tertiary/aromatic N) is 2. The van der Waals surface area contributed by atoms with Crippen LogP contribution >= 0.6 is 0 Å². The van der Waals surface area contributed by atoms with Gasteiger partial charge in [0, 0.05) is 17.8 Å². The molecule has 1 aliphatic heterocycles. The molecule has 0 saturated carbocycles. The Morgan fingerprint density at radius 2 is 1.77 bits per heavy atom. The largest absolute Gasteiger partial charge is 0.497 e. The van der Waals surface area contributed by atoms with Crippen LogP contribution in [-0.2, 0) is 9.59 Å². The molecule has 154 valence electrons. The summed E-state index contributed by atoms with van der Waals surface area (Å²) >= 11 is 0. The van der Waals surface area contributed by atoms with Gasteiger partial charge in [-0.25, -0.2) is 15.1 Å². The number of carbonyl (C=O) groups is 4. The fourth-order valence-electron chi connectivity index (χ4n) is 2.69. The standard InChI is InChI=1S/C20H18N4O6/c1-29-14-8-6-12(7-9-14)17(25)23-21-11-16-18(26)22-20(28)24(19(16)27)13-4-3-5-15(10-13)30-2/h3-11,16H,1-2H3,(H,23,25)(H,22,26,28)/b21-11-/t16-/m0/s1. The lowest BCUT2D eigenvalue weighted by atomic mass is 10.1. The minimum absolute atomic E-state index is 0.227. The number of nitrogens with one attached hydrogen (secondary N) is 2. The molecule has 2 aromatic carbocycles. The SMILES string of the molecule is COc1ccc(C(=O)N/N=C\[C@H]2C(=O)NC(=O)N(c3cccc(OC)c3)C2=O)cc1. The van der Waals surface area contributed by atoms with E-state index in [1.807, 2.05) is 0 Å². The topological polar surface area (TPSA) is 126 Å². The van der Waals surface area contributed by atoms with Crippen LogP contribution in [0.1, 0.15) is 10.4 Å². The Kier molecular flexibility index (Phi) is 6.06. The summed E-state index contributed by atoms with van der Waals surface area (Å²) in [5.74, 6) is -2.57. The summed E-state index contributed by atoms with van der Waals surface area (Å²) in [4.78, 5) is 50.0. The second-order valence-electron chi connectivity index (χ2n) is 6.09. The molecule has 30 heavy (non-hydrogen) atoms. The molecule has 3 rings (SSSR count). The molecule has 2 N–H and O–H groups in total. The van der Waals surface area contributed by atoms with Crippen molar-refractivity contribution in [3.8, 4) is 11.5 Å². The minimum Gasteiger partial charge on any atom is -0.497 e. The van der Waals surface area contributed by atoms with E-state index in [1.165, 1.54) is 38.5 Å². The van der Waals surface area contributed by atoms with Crippen molar-refractivity contribution in [2.45, 2.75) is 0 Å². The second kappa shape index (κ2) is 8.86. The highest BCUT2D eigenvalue weighted by Crippen LogP contribution is 2.24. The normalized spacial score (nSPS) is 16.4. The zero-order valence-corrected chi connectivity index (χ0v) is 16.1. The molecule has 10 nitrogen and oxygen atoms in total. The maximum Gasteiger partial charge on any atom is 0.335 e. The number of urea groups is 1. The number of carbonyl (C=O) groups excluding carboxylic acids is 4. The number of amides is 5. The second-order valence-corrected chi connectivity index (χ2v) is 6.09. The number of anilines is 1. The van der Waals surface area contributed by atoms with Crippen LogP contribution in [0.4, 0.5) is 10.5 Å². The zero-order valence-electron chi connectivity index (χ0n) is 16.1. The molecule has 0 bridgehead atoms. The first-order valence-corrected chi connectivity index (χ1v) is 8.75. The first kappa shape index (κ1) is 20.5. The number of ether oxygens (including phenoxy) is 2. The lowest BCUT2D eigenvalue weighted by Gasteiger charge is -2.28. The van der Waals surface area contributed by atoms with Crippen molar-refractivity contribution < 1.29 is 28.7 Å². The molecule has 0 spiro atoms. The van der Waals surface area contributed by atoms with E-state index in [4.69, 9.17) is 9.47 Å². The molecule has 1 atom stereocenters. The number of methoxy groups -OCH3 is 2. The van der Waals surface area contributed by atoms with Gasteiger partial charge in [0.25, 0.3) is 11.8 Å². The van der Waals surface area contributed by atoms with Crippen LogP contribution in [-0.4, -0.2) is 44.2 Å². The van der Waals surface area contributed by atoms with Gasteiger partial charge in [-0.15, -0.1) is 0 Å². The highest BCUT2D eigenvalue weighted by Gasteiger charge is 2.40. The van der Waals surface area contributed by atoms with Gasteiger partial charge < -0.3 is 9.47 Å². The number of hydrogen-bond donors (Lipinski definition) is 2. The van der Waals surface area contributed by atoms with Crippen molar-refractivity contribution in [1.82, 2.24) is 10.7 Å². The van der Waals surface area contributed by atoms with Gasteiger partial charge in [-0.1, -0.05) is 6.07 Å². The van der Waals surface area contributed by atoms with Crippen molar-refractivity contribution in [3.05, 3.63) is 54.1 Å². The van der Waals surface area contributed by atoms with E-state index in [2.05, 4.69) is 15.8 Å². The molecule has 10 heteroatoms. The quantitative estimate of drug-likeness (QED) is 0.420. The lowest BCUT2D eigenvalue weighted by Crippen LogP contribution is -2.58. The molecule has 0 aromatic heterocycles. The molecular weight excluding hydrogens is 392 g/mol. The van der Waals surface area contributed by atoms with Crippen molar-refractivity contribution >= 4 is 35.7 Å². The van der Waals surface area contributed by atoms with Crippen molar-refractivity contribution in [2.75, 3.05) is 19.1 Å². The molecule has 2 aromatic rings. The molecule has 5 amide bonds. The van der Waals surface area contributed by atoms with Crippen LogP contribution < -0.4 is 25.1 Å². The summed E-state index contributed by atoms with van der Waals surface area (Å²) in [7, 11) is 2.95. The monoisotopic (exact) mass is 410 g/mol. The predicted molar refractivity (Wildman–Crippen MR) is 106 cm³/mol. The molecule has 1 heterocycles. The number of hydrazone groups is 1.